The highest BCUT2D eigenvalue weighted by atomic mass is 16.6. The number of carbonyl (C=O) groups excluding carboxylic acids is 1. The molecule has 0 bridgehead atoms. The Labute approximate surface area is 147 Å². The van der Waals surface area contributed by atoms with Crippen molar-refractivity contribution in [1.29, 1.82) is 0 Å². The minimum absolute atomic E-state index is 0.0343. The number of ether oxygens (including phenoxy) is 3. The minimum atomic E-state index is -0.843. The molecule has 0 aliphatic carbocycles. The molecule has 0 saturated carbocycles. The zero-order chi connectivity index (χ0) is 18.2. The first-order chi connectivity index (χ1) is 11.6. The third-order valence-corrected chi connectivity index (χ3v) is 3.72. The summed E-state index contributed by atoms with van der Waals surface area (Å²) in [6.07, 6.45) is 3.79. The first kappa shape index (κ1) is 23.3. The van der Waals surface area contributed by atoms with Gasteiger partial charge in [-0.25, -0.2) is 0 Å². The van der Waals surface area contributed by atoms with Gasteiger partial charge in [0.2, 0.25) is 5.91 Å². The smallest absolute Gasteiger partial charge is 0.220 e. The Bertz CT molecular complexity index is 301. The third kappa shape index (κ3) is 11.8. The first-order valence-corrected chi connectivity index (χ1v) is 9.34. The zero-order valence-corrected chi connectivity index (χ0v) is 15.7. The Morgan fingerprint density at radius 1 is 0.958 bits per heavy atom. The van der Waals surface area contributed by atoms with Gasteiger partial charge in [-0.1, -0.05) is 40.0 Å². The Balaban J connectivity index is 4.73. The predicted molar refractivity (Wildman–Crippen MR) is 94.8 cm³/mol. The molecule has 0 aliphatic rings. The lowest BCUT2D eigenvalue weighted by atomic mass is 10.0. The second-order valence-corrected chi connectivity index (χ2v) is 6.12. The highest BCUT2D eigenvalue weighted by Gasteiger charge is 2.31. The molecular formula is C18H37NO5. The molecule has 0 aromatic heterocycles. The van der Waals surface area contributed by atoms with Gasteiger partial charge in [0.25, 0.3) is 0 Å². The summed E-state index contributed by atoms with van der Waals surface area (Å²) in [5.74, 6) is -0.459. The lowest BCUT2D eigenvalue weighted by molar-refractivity contribution is -0.147. The number of amides is 1. The van der Waals surface area contributed by atoms with Gasteiger partial charge in [0.05, 0.1) is 19.1 Å². The van der Waals surface area contributed by atoms with Crippen molar-refractivity contribution in [2.24, 2.45) is 5.73 Å². The van der Waals surface area contributed by atoms with Gasteiger partial charge in [0.1, 0.15) is 12.2 Å². The third-order valence-electron chi connectivity index (χ3n) is 3.72. The van der Waals surface area contributed by atoms with Crippen LogP contribution in [0.3, 0.4) is 0 Å². The van der Waals surface area contributed by atoms with Crippen molar-refractivity contribution in [2.45, 2.75) is 84.0 Å². The molecule has 0 fully saturated rings. The van der Waals surface area contributed by atoms with Crippen LogP contribution in [-0.2, 0) is 19.0 Å². The van der Waals surface area contributed by atoms with Gasteiger partial charge >= 0.3 is 0 Å². The lowest BCUT2D eigenvalue weighted by Crippen LogP contribution is -2.45. The molecule has 1 amide bonds. The predicted octanol–water partition coefficient (Wildman–Crippen LogP) is 2.41. The number of hydrogen-bond donors (Lipinski definition) is 2. The fourth-order valence-electron chi connectivity index (χ4n) is 2.22. The summed E-state index contributed by atoms with van der Waals surface area (Å²) in [7, 11) is 0. The van der Waals surface area contributed by atoms with Crippen LogP contribution in [0, 0.1) is 0 Å². The van der Waals surface area contributed by atoms with E-state index in [1.54, 1.807) is 0 Å². The van der Waals surface area contributed by atoms with Gasteiger partial charge in [0, 0.05) is 19.8 Å². The van der Waals surface area contributed by atoms with Crippen LogP contribution in [-0.4, -0.2) is 55.8 Å². The van der Waals surface area contributed by atoms with Crippen molar-refractivity contribution in [3.63, 3.8) is 0 Å². The summed E-state index contributed by atoms with van der Waals surface area (Å²) in [4.78, 5) is 11.4. The fraction of sp³-hybridized carbons (Fsp3) is 0.944. The van der Waals surface area contributed by atoms with Gasteiger partial charge in [-0.3, -0.25) is 4.79 Å². The maximum absolute atomic E-state index is 11.4. The Morgan fingerprint density at radius 2 is 1.50 bits per heavy atom. The molecule has 0 saturated heterocycles. The standard InChI is InChI=1S/C18H37NO5/c1-4-7-10-22-14-15(20)18(24-12-9-6-3)16(13-17(19)21)23-11-8-5-2/h15-16,18,20H,4-14H2,1-3H3,(H2,19,21)/t15?,16?,18-/m1/s1. The van der Waals surface area contributed by atoms with Crippen LogP contribution in [0.15, 0.2) is 0 Å². The van der Waals surface area contributed by atoms with E-state index < -0.39 is 24.2 Å². The summed E-state index contributed by atoms with van der Waals surface area (Å²) in [5.41, 5.74) is 5.34. The van der Waals surface area contributed by atoms with E-state index in [0.29, 0.717) is 19.8 Å². The molecule has 6 nitrogen and oxygen atoms in total. The molecule has 0 heterocycles. The maximum Gasteiger partial charge on any atom is 0.220 e. The molecule has 0 radical (unpaired) electrons. The summed E-state index contributed by atoms with van der Waals surface area (Å²) in [6.45, 7) is 8.03. The van der Waals surface area contributed by atoms with E-state index >= 15 is 0 Å². The average Bonchev–Trinajstić information content (AvgIpc) is 2.54. The van der Waals surface area contributed by atoms with E-state index in [2.05, 4.69) is 20.8 Å². The number of primary amides is 1. The average molecular weight is 347 g/mol. The summed E-state index contributed by atoms with van der Waals surface area (Å²) >= 11 is 0. The number of hydrogen-bond acceptors (Lipinski definition) is 5. The second kappa shape index (κ2) is 15.8. The summed E-state index contributed by atoms with van der Waals surface area (Å²) in [6, 6.07) is 0. The monoisotopic (exact) mass is 347 g/mol. The van der Waals surface area contributed by atoms with Crippen molar-refractivity contribution >= 4 is 5.91 Å². The number of carbonyl (C=O) groups is 1. The van der Waals surface area contributed by atoms with Crippen LogP contribution >= 0.6 is 0 Å². The van der Waals surface area contributed by atoms with Crippen LogP contribution in [0.1, 0.15) is 65.7 Å². The van der Waals surface area contributed by atoms with E-state index in [9.17, 15) is 9.90 Å². The highest BCUT2D eigenvalue weighted by Crippen LogP contribution is 2.15. The molecule has 3 atom stereocenters. The van der Waals surface area contributed by atoms with Gasteiger partial charge in [-0.2, -0.15) is 0 Å². The van der Waals surface area contributed by atoms with Gasteiger partial charge < -0.3 is 25.1 Å². The van der Waals surface area contributed by atoms with Crippen LogP contribution in [0.5, 0.6) is 0 Å². The highest BCUT2D eigenvalue weighted by molar-refractivity contribution is 5.74. The summed E-state index contributed by atoms with van der Waals surface area (Å²) in [5, 5.41) is 10.5. The number of aliphatic hydroxyl groups is 1. The Hall–Kier alpha value is -0.690. The van der Waals surface area contributed by atoms with Crippen LogP contribution < -0.4 is 5.73 Å². The van der Waals surface area contributed by atoms with Gasteiger partial charge in [-0.05, 0) is 19.3 Å². The topological polar surface area (TPSA) is 91.0 Å². The molecular weight excluding hydrogens is 310 g/mol. The van der Waals surface area contributed by atoms with E-state index in [4.69, 9.17) is 19.9 Å². The largest absolute Gasteiger partial charge is 0.388 e. The number of unbranched alkanes of at least 4 members (excludes halogenated alkanes) is 3. The first-order valence-electron chi connectivity index (χ1n) is 9.34. The lowest BCUT2D eigenvalue weighted by Gasteiger charge is -2.30. The molecule has 6 heteroatoms. The van der Waals surface area contributed by atoms with Crippen molar-refractivity contribution in [1.82, 2.24) is 0 Å². The normalized spacial score (nSPS) is 15.2. The minimum Gasteiger partial charge on any atom is -0.388 e. The molecule has 0 rings (SSSR count). The SMILES string of the molecule is CCCCOCC(O)[C@@H](OCCCC)C(CC(N)=O)OCCCC. The number of rotatable bonds is 17. The Morgan fingerprint density at radius 3 is 2.04 bits per heavy atom. The van der Waals surface area contributed by atoms with Crippen LogP contribution in [0.25, 0.3) is 0 Å². The van der Waals surface area contributed by atoms with Gasteiger partial charge in [0.15, 0.2) is 0 Å². The molecule has 0 aromatic carbocycles. The van der Waals surface area contributed by atoms with E-state index in [0.717, 1.165) is 38.5 Å². The molecule has 144 valence electrons. The van der Waals surface area contributed by atoms with E-state index in [1.165, 1.54) is 0 Å². The molecule has 24 heavy (non-hydrogen) atoms. The van der Waals surface area contributed by atoms with E-state index in [1.807, 2.05) is 0 Å². The molecule has 2 unspecified atom stereocenters. The van der Waals surface area contributed by atoms with Crippen molar-refractivity contribution in [3.05, 3.63) is 0 Å². The molecule has 3 N–H and O–H groups in total. The second-order valence-electron chi connectivity index (χ2n) is 6.12. The summed E-state index contributed by atoms with van der Waals surface area (Å²) < 4.78 is 17.1. The fourth-order valence-corrected chi connectivity index (χ4v) is 2.22. The number of aliphatic hydroxyl groups excluding tert-OH is 1. The Kier molecular flexibility index (Phi) is 15.4. The zero-order valence-electron chi connectivity index (χ0n) is 15.7. The van der Waals surface area contributed by atoms with Crippen molar-refractivity contribution in [2.75, 3.05) is 26.4 Å². The van der Waals surface area contributed by atoms with Crippen molar-refractivity contribution < 1.29 is 24.1 Å². The maximum atomic E-state index is 11.4. The van der Waals surface area contributed by atoms with Crippen LogP contribution in [0.2, 0.25) is 0 Å². The van der Waals surface area contributed by atoms with Crippen molar-refractivity contribution in [3.8, 4) is 0 Å². The van der Waals surface area contributed by atoms with Gasteiger partial charge in [-0.15, -0.1) is 0 Å². The quantitative estimate of drug-likeness (QED) is 0.394. The molecule has 0 spiro atoms. The molecule has 0 aromatic rings. The van der Waals surface area contributed by atoms with Crippen LogP contribution in [0.4, 0.5) is 0 Å². The number of nitrogens with two attached hydrogens (primary N) is 1. The van der Waals surface area contributed by atoms with E-state index in [-0.39, 0.29) is 13.0 Å². The molecule has 0 aliphatic heterocycles.